The molecule has 1 aromatic carbocycles. The van der Waals surface area contributed by atoms with Crippen LogP contribution < -0.4 is 5.32 Å². The van der Waals surface area contributed by atoms with E-state index in [9.17, 15) is 13.2 Å². The maximum Gasteiger partial charge on any atom is 0.220 e. The molecule has 5 heteroatoms. The first-order chi connectivity index (χ1) is 12.2. The lowest BCUT2D eigenvalue weighted by atomic mass is 9.86. The summed E-state index contributed by atoms with van der Waals surface area (Å²) >= 11 is 0. The van der Waals surface area contributed by atoms with Crippen LogP contribution in [-0.4, -0.2) is 32.4 Å². The van der Waals surface area contributed by atoms with Crippen LogP contribution in [0.1, 0.15) is 64.0 Å². The molecule has 1 amide bonds. The highest BCUT2D eigenvalue weighted by atomic mass is 32.2. The van der Waals surface area contributed by atoms with Crippen molar-refractivity contribution in [3.8, 4) is 0 Å². The number of rotatable bonds is 8. The van der Waals surface area contributed by atoms with Crippen molar-refractivity contribution in [1.82, 2.24) is 5.32 Å². The zero-order valence-electron chi connectivity index (χ0n) is 16.4. The minimum Gasteiger partial charge on any atom is -0.356 e. The van der Waals surface area contributed by atoms with Gasteiger partial charge in [-0.05, 0) is 54.6 Å². The summed E-state index contributed by atoms with van der Waals surface area (Å²) < 4.78 is 22.8. The maximum absolute atomic E-state index is 11.9. The van der Waals surface area contributed by atoms with Gasteiger partial charge in [0.05, 0.1) is 11.5 Å². The fourth-order valence-corrected chi connectivity index (χ4v) is 5.34. The second kappa shape index (κ2) is 9.03. The molecular weight excluding hydrogens is 346 g/mol. The molecule has 2 rings (SSSR count). The second-order valence-corrected chi connectivity index (χ2v) is 10.8. The number of carbonyl (C=O) groups excluding carboxylic acids is 1. The fourth-order valence-electron chi connectivity index (χ4n) is 3.43. The molecular formula is C21H33NO3S. The van der Waals surface area contributed by atoms with Gasteiger partial charge in [0.1, 0.15) is 0 Å². The van der Waals surface area contributed by atoms with Gasteiger partial charge in [-0.2, -0.15) is 0 Å². The van der Waals surface area contributed by atoms with Crippen molar-refractivity contribution in [1.29, 1.82) is 0 Å². The quantitative estimate of drug-likeness (QED) is 0.702. The number of amides is 1. The molecule has 1 aromatic rings. The minimum atomic E-state index is -2.79. The van der Waals surface area contributed by atoms with Gasteiger partial charge < -0.3 is 5.32 Å². The first-order valence-corrected chi connectivity index (χ1v) is 11.5. The molecule has 1 fully saturated rings. The van der Waals surface area contributed by atoms with Crippen molar-refractivity contribution in [2.75, 3.05) is 18.1 Å². The molecule has 1 saturated heterocycles. The number of hydrogen-bond donors (Lipinski definition) is 1. The molecule has 1 atom stereocenters. The van der Waals surface area contributed by atoms with E-state index in [1.165, 1.54) is 11.1 Å². The van der Waals surface area contributed by atoms with E-state index < -0.39 is 9.84 Å². The van der Waals surface area contributed by atoms with Crippen LogP contribution in [0, 0.1) is 5.92 Å². The Morgan fingerprint density at radius 1 is 1.15 bits per heavy atom. The Labute approximate surface area is 158 Å². The largest absolute Gasteiger partial charge is 0.356 e. The molecule has 1 aliphatic rings. The normalized spacial score (nSPS) is 19.4. The van der Waals surface area contributed by atoms with Crippen molar-refractivity contribution < 1.29 is 13.2 Å². The number of nitrogens with one attached hydrogen (secondary N) is 1. The Balaban J connectivity index is 1.57. The van der Waals surface area contributed by atoms with E-state index in [1.807, 2.05) is 0 Å². The first-order valence-electron chi connectivity index (χ1n) is 9.72. The SMILES string of the molecule is CC(C)(C)c1ccc(CCCC(=O)NCCCC2CCS(=O)(=O)C2)cc1. The monoisotopic (exact) mass is 379 g/mol. The lowest BCUT2D eigenvalue weighted by molar-refractivity contribution is -0.121. The van der Waals surface area contributed by atoms with Crippen LogP contribution >= 0.6 is 0 Å². The van der Waals surface area contributed by atoms with Gasteiger partial charge in [-0.1, -0.05) is 45.0 Å². The van der Waals surface area contributed by atoms with E-state index in [4.69, 9.17) is 0 Å². The van der Waals surface area contributed by atoms with Gasteiger partial charge in [0, 0.05) is 13.0 Å². The third kappa shape index (κ3) is 7.10. The second-order valence-electron chi connectivity index (χ2n) is 8.56. The first kappa shape index (κ1) is 20.9. The lowest BCUT2D eigenvalue weighted by Crippen LogP contribution is -2.24. The summed E-state index contributed by atoms with van der Waals surface area (Å²) in [6.07, 6.45) is 4.84. The van der Waals surface area contributed by atoms with Crippen LogP contribution in [0.2, 0.25) is 0 Å². The molecule has 26 heavy (non-hydrogen) atoms. The number of carbonyl (C=O) groups is 1. The number of aryl methyl sites for hydroxylation is 1. The summed E-state index contributed by atoms with van der Waals surface area (Å²) in [7, 11) is -2.79. The van der Waals surface area contributed by atoms with Crippen LogP contribution in [0.15, 0.2) is 24.3 Å². The van der Waals surface area contributed by atoms with Crippen LogP contribution in [0.4, 0.5) is 0 Å². The van der Waals surface area contributed by atoms with Crippen molar-refractivity contribution in [3.05, 3.63) is 35.4 Å². The Kier molecular flexibility index (Phi) is 7.27. The number of hydrogen-bond acceptors (Lipinski definition) is 3. The zero-order chi connectivity index (χ0) is 19.2. The van der Waals surface area contributed by atoms with E-state index in [-0.39, 0.29) is 17.2 Å². The molecule has 1 aliphatic heterocycles. The fraction of sp³-hybridized carbons (Fsp3) is 0.667. The molecule has 0 saturated carbocycles. The lowest BCUT2D eigenvalue weighted by Gasteiger charge is -2.19. The predicted molar refractivity (Wildman–Crippen MR) is 107 cm³/mol. The highest BCUT2D eigenvalue weighted by Crippen LogP contribution is 2.23. The van der Waals surface area contributed by atoms with Crippen molar-refractivity contribution in [3.63, 3.8) is 0 Å². The van der Waals surface area contributed by atoms with E-state index in [0.29, 0.717) is 24.5 Å². The molecule has 0 bridgehead atoms. The van der Waals surface area contributed by atoms with E-state index in [0.717, 1.165) is 32.1 Å². The van der Waals surface area contributed by atoms with Gasteiger partial charge >= 0.3 is 0 Å². The van der Waals surface area contributed by atoms with Crippen LogP contribution in [-0.2, 0) is 26.5 Å². The Morgan fingerprint density at radius 2 is 1.85 bits per heavy atom. The average molecular weight is 380 g/mol. The van der Waals surface area contributed by atoms with Crippen molar-refractivity contribution in [2.45, 2.75) is 64.7 Å². The smallest absolute Gasteiger partial charge is 0.220 e. The maximum atomic E-state index is 11.9. The molecule has 4 nitrogen and oxygen atoms in total. The third-order valence-corrected chi connectivity index (χ3v) is 6.96. The molecule has 1 unspecified atom stereocenters. The van der Waals surface area contributed by atoms with Crippen LogP contribution in [0.25, 0.3) is 0 Å². The molecule has 1 N–H and O–H groups in total. The Hall–Kier alpha value is -1.36. The molecule has 0 radical (unpaired) electrons. The standard InChI is InChI=1S/C21H33NO3S/c1-21(2,3)19-11-9-17(10-12-19)6-4-8-20(23)22-14-5-7-18-13-15-26(24,25)16-18/h9-12,18H,4-8,13-16H2,1-3H3,(H,22,23). The zero-order valence-corrected chi connectivity index (χ0v) is 17.2. The van der Waals surface area contributed by atoms with Gasteiger partial charge in [-0.3, -0.25) is 4.79 Å². The number of sulfone groups is 1. The van der Waals surface area contributed by atoms with Gasteiger partial charge in [-0.25, -0.2) is 8.42 Å². The summed E-state index contributed by atoms with van der Waals surface area (Å²) in [6, 6.07) is 8.68. The van der Waals surface area contributed by atoms with E-state index in [1.54, 1.807) is 0 Å². The summed E-state index contributed by atoms with van der Waals surface area (Å²) in [5.41, 5.74) is 2.77. The summed E-state index contributed by atoms with van der Waals surface area (Å²) in [5, 5.41) is 2.95. The molecule has 0 aromatic heterocycles. The Bertz CT molecular complexity index is 687. The highest BCUT2D eigenvalue weighted by molar-refractivity contribution is 7.91. The van der Waals surface area contributed by atoms with Crippen molar-refractivity contribution in [2.24, 2.45) is 5.92 Å². The van der Waals surface area contributed by atoms with Gasteiger partial charge in [0.15, 0.2) is 9.84 Å². The van der Waals surface area contributed by atoms with Gasteiger partial charge in [0.25, 0.3) is 0 Å². The Morgan fingerprint density at radius 3 is 2.42 bits per heavy atom. The van der Waals surface area contributed by atoms with Gasteiger partial charge in [0.2, 0.25) is 5.91 Å². The topological polar surface area (TPSA) is 63.2 Å². The summed E-state index contributed by atoms with van der Waals surface area (Å²) in [4.78, 5) is 11.9. The third-order valence-electron chi connectivity index (χ3n) is 5.13. The molecule has 146 valence electrons. The molecule has 0 aliphatic carbocycles. The van der Waals surface area contributed by atoms with E-state index in [2.05, 4.69) is 50.4 Å². The molecule has 0 spiro atoms. The average Bonchev–Trinajstić information content (AvgIpc) is 2.90. The minimum absolute atomic E-state index is 0.0929. The summed E-state index contributed by atoms with van der Waals surface area (Å²) in [6.45, 7) is 7.27. The van der Waals surface area contributed by atoms with Crippen LogP contribution in [0.3, 0.4) is 0 Å². The summed E-state index contributed by atoms with van der Waals surface area (Å²) in [5.74, 6) is 1.04. The van der Waals surface area contributed by atoms with E-state index >= 15 is 0 Å². The molecule has 1 heterocycles. The van der Waals surface area contributed by atoms with Crippen LogP contribution in [0.5, 0.6) is 0 Å². The van der Waals surface area contributed by atoms with Gasteiger partial charge in [-0.15, -0.1) is 0 Å². The highest BCUT2D eigenvalue weighted by Gasteiger charge is 2.27. The van der Waals surface area contributed by atoms with Crippen molar-refractivity contribution >= 4 is 15.7 Å². The number of benzene rings is 1. The predicted octanol–water partition coefficient (Wildman–Crippen LogP) is 3.64.